The van der Waals surface area contributed by atoms with Gasteiger partial charge < -0.3 is 15.5 Å². The maximum absolute atomic E-state index is 12.2. The lowest BCUT2D eigenvalue weighted by Gasteiger charge is -2.25. The SMILES string of the molecule is O=C(NCCN1CCCC1)C1CNc2ccccc2C1. The van der Waals surface area contributed by atoms with E-state index >= 15 is 0 Å². The first-order chi connectivity index (χ1) is 9.83. The second-order valence-electron chi connectivity index (χ2n) is 5.78. The highest BCUT2D eigenvalue weighted by atomic mass is 16.1. The van der Waals surface area contributed by atoms with Gasteiger partial charge in [-0.1, -0.05) is 18.2 Å². The molecule has 0 bridgehead atoms. The van der Waals surface area contributed by atoms with Crippen LogP contribution < -0.4 is 10.6 Å². The van der Waals surface area contributed by atoms with Crippen molar-refractivity contribution in [1.82, 2.24) is 10.2 Å². The molecule has 3 rings (SSSR count). The average Bonchev–Trinajstić information content (AvgIpc) is 3.00. The third-order valence-electron chi connectivity index (χ3n) is 4.32. The number of fused-ring (bicyclic) bond motifs is 1. The van der Waals surface area contributed by atoms with Crippen LogP contribution in [0, 0.1) is 5.92 Å². The van der Waals surface area contributed by atoms with Crippen LogP contribution in [0.15, 0.2) is 24.3 Å². The predicted molar refractivity (Wildman–Crippen MR) is 80.8 cm³/mol. The Kier molecular flexibility index (Phi) is 4.21. The van der Waals surface area contributed by atoms with Crippen LogP contribution >= 0.6 is 0 Å². The molecule has 1 amide bonds. The molecule has 1 aromatic carbocycles. The first-order valence-electron chi connectivity index (χ1n) is 7.65. The molecule has 0 aromatic heterocycles. The molecule has 1 aromatic rings. The molecule has 20 heavy (non-hydrogen) atoms. The van der Waals surface area contributed by atoms with E-state index in [1.807, 2.05) is 12.1 Å². The molecule has 1 saturated heterocycles. The molecule has 4 nitrogen and oxygen atoms in total. The van der Waals surface area contributed by atoms with E-state index in [9.17, 15) is 4.79 Å². The number of hydrogen-bond acceptors (Lipinski definition) is 3. The quantitative estimate of drug-likeness (QED) is 0.873. The van der Waals surface area contributed by atoms with Crippen molar-refractivity contribution in [2.24, 2.45) is 5.92 Å². The molecule has 2 aliphatic heterocycles. The van der Waals surface area contributed by atoms with Gasteiger partial charge in [0.15, 0.2) is 0 Å². The lowest BCUT2D eigenvalue weighted by molar-refractivity contribution is -0.124. The molecule has 0 aliphatic carbocycles. The van der Waals surface area contributed by atoms with Crippen LogP contribution in [0.1, 0.15) is 18.4 Å². The Labute approximate surface area is 120 Å². The summed E-state index contributed by atoms with van der Waals surface area (Å²) in [5, 5.41) is 6.44. The van der Waals surface area contributed by atoms with Gasteiger partial charge >= 0.3 is 0 Å². The third-order valence-corrected chi connectivity index (χ3v) is 4.32. The van der Waals surface area contributed by atoms with Gasteiger partial charge in [-0.05, 0) is 44.0 Å². The van der Waals surface area contributed by atoms with Gasteiger partial charge in [-0.2, -0.15) is 0 Å². The molecule has 2 N–H and O–H groups in total. The Balaban J connectivity index is 1.46. The van der Waals surface area contributed by atoms with Crippen molar-refractivity contribution in [2.45, 2.75) is 19.3 Å². The molecular weight excluding hydrogens is 250 g/mol. The molecule has 0 saturated carbocycles. The van der Waals surface area contributed by atoms with Crippen LogP contribution in [-0.2, 0) is 11.2 Å². The van der Waals surface area contributed by atoms with Gasteiger partial charge in [0.2, 0.25) is 5.91 Å². The van der Waals surface area contributed by atoms with Crippen molar-refractivity contribution in [3.8, 4) is 0 Å². The van der Waals surface area contributed by atoms with E-state index in [1.165, 1.54) is 37.2 Å². The van der Waals surface area contributed by atoms with Crippen molar-refractivity contribution in [2.75, 3.05) is 38.0 Å². The fourth-order valence-corrected chi connectivity index (χ4v) is 3.11. The van der Waals surface area contributed by atoms with Crippen LogP contribution in [0.25, 0.3) is 0 Å². The van der Waals surface area contributed by atoms with Gasteiger partial charge in [-0.25, -0.2) is 0 Å². The Morgan fingerprint density at radius 3 is 2.95 bits per heavy atom. The number of rotatable bonds is 4. The number of amides is 1. The lowest BCUT2D eigenvalue weighted by atomic mass is 9.93. The third kappa shape index (κ3) is 3.12. The van der Waals surface area contributed by atoms with Gasteiger partial charge in [0.05, 0.1) is 5.92 Å². The molecular formula is C16H23N3O. The highest BCUT2D eigenvalue weighted by Gasteiger charge is 2.24. The number of carbonyl (C=O) groups is 1. The maximum atomic E-state index is 12.2. The summed E-state index contributed by atoms with van der Waals surface area (Å²) in [6.45, 7) is 4.88. The summed E-state index contributed by atoms with van der Waals surface area (Å²) in [4.78, 5) is 14.6. The van der Waals surface area contributed by atoms with Crippen molar-refractivity contribution in [1.29, 1.82) is 0 Å². The zero-order valence-electron chi connectivity index (χ0n) is 11.9. The summed E-state index contributed by atoms with van der Waals surface area (Å²) in [6.07, 6.45) is 3.45. The minimum atomic E-state index is 0.0588. The first-order valence-corrected chi connectivity index (χ1v) is 7.65. The number of hydrogen-bond donors (Lipinski definition) is 2. The van der Waals surface area contributed by atoms with Crippen molar-refractivity contribution in [3.63, 3.8) is 0 Å². The highest BCUT2D eigenvalue weighted by molar-refractivity contribution is 5.80. The molecule has 2 aliphatic rings. The number of anilines is 1. The second-order valence-corrected chi connectivity index (χ2v) is 5.78. The van der Waals surface area contributed by atoms with Crippen LogP contribution in [-0.4, -0.2) is 43.5 Å². The number of carbonyl (C=O) groups excluding carboxylic acids is 1. The Morgan fingerprint density at radius 2 is 2.10 bits per heavy atom. The van der Waals surface area contributed by atoms with Crippen LogP contribution in [0.4, 0.5) is 5.69 Å². The standard InChI is InChI=1S/C16H23N3O/c20-16(17-7-10-19-8-3-4-9-19)14-11-13-5-1-2-6-15(13)18-12-14/h1-2,5-6,14,18H,3-4,7-12H2,(H,17,20). The van der Waals surface area contributed by atoms with Crippen LogP contribution in [0.3, 0.4) is 0 Å². The summed E-state index contributed by atoms with van der Waals surface area (Å²) >= 11 is 0. The van der Waals surface area contributed by atoms with Gasteiger partial charge in [0.1, 0.15) is 0 Å². The molecule has 0 spiro atoms. The van der Waals surface area contributed by atoms with E-state index in [0.29, 0.717) is 0 Å². The summed E-state index contributed by atoms with van der Waals surface area (Å²) in [6, 6.07) is 8.25. The summed E-state index contributed by atoms with van der Waals surface area (Å²) in [5.74, 6) is 0.245. The smallest absolute Gasteiger partial charge is 0.225 e. The van der Waals surface area contributed by atoms with E-state index < -0.39 is 0 Å². The van der Waals surface area contributed by atoms with Crippen molar-refractivity contribution >= 4 is 11.6 Å². The summed E-state index contributed by atoms with van der Waals surface area (Å²) < 4.78 is 0. The Morgan fingerprint density at radius 1 is 1.30 bits per heavy atom. The van der Waals surface area contributed by atoms with E-state index in [-0.39, 0.29) is 11.8 Å². The van der Waals surface area contributed by atoms with E-state index in [4.69, 9.17) is 0 Å². The van der Waals surface area contributed by atoms with E-state index in [1.54, 1.807) is 0 Å². The highest BCUT2D eigenvalue weighted by Crippen LogP contribution is 2.24. The summed E-state index contributed by atoms with van der Waals surface area (Å²) in [7, 11) is 0. The van der Waals surface area contributed by atoms with E-state index in [0.717, 1.165) is 26.1 Å². The van der Waals surface area contributed by atoms with Gasteiger partial charge in [0, 0.05) is 25.3 Å². The number of benzene rings is 1. The number of para-hydroxylation sites is 1. The van der Waals surface area contributed by atoms with Crippen molar-refractivity contribution < 1.29 is 4.79 Å². The first kappa shape index (κ1) is 13.4. The normalized spacial score (nSPS) is 22.1. The molecule has 1 fully saturated rings. The Hall–Kier alpha value is -1.55. The molecule has 108 valence electrons. The molecule has 1 unspecified atom stereocenters. The Bertz CT molecular complexity index is 469. The zero-order valence-corrected chi connectivity index (χ0v) is 11.9. The monoisotopic (exact) mass is 273 g/mol. The minimum absolute atomic E-state index is 0.0588. The minimum Gasteiger partial charge on any atom is -0.384 e. The maximum Gasteiger partial charge on any atom is 0.225 e. The average molecular weight is 273 g/mol. The van der Waals surface area contributed by atoms with Crippen molar-refractivity contribution in [3.05, 3.63) is 29.8 Å². The zero-order chi connectivity index (χ0) is 13.8. The molecule has 4 heteroatoms. The summed E-state index contributed by atoms with van der Waals surface area (Å²) in [5.41, 5.74) is 2.42. The second kappa shape index (κ2) is 6.27. The molecule has 1 atom stereocenters. The van der Waals surface area contributed by atoms with Gasteiger partial charge in [0.25, 0.3) is 0 Å². The topological polar surface area (TPSA) is 44.4 Å². The van der Waals surface area contributed by atoms with Crippen LogP contribution in [0.5, 0.6) is 0 Å². The van der Waals surface area contributed by atoms with E-state index in [2.05, 4.69) is 27.7 Å². The fourth-order valence-electron chi connectivity index (χ4n) is 3.11. The molecule has 0 radical (unpaired) electrons. The molecule has 2 heterocycles. The van der Waals surface area contributed by atoms with Gasteiger partial charge in [-0.3, -0.25) is 4.79 Å². The number of nitrogens with one attached hydrogen (secondary N) is 2. The number of nitrogens with zero attached hydrogens (tertiary/aromatic N) is 1. The van der Waals surface area contributed by atoms with Crippen LogP contribution in [0.2, 0.25) is 0 Å². The number of likely N-dealkylation sites (tertiary alicyclic amines) is 1. The fraction of sp³-hybridized carbons (Fsp3) is 0.562. The van der Waals surface area contributed by atoms with Gasteiger partial charge in [-0.15, -0.1) is 0 Å². The largest absolute Gasteiger partial charge is 0.384 e. The predicted octanol–water partition coefficient (Wildman–Crippen LogP) is 1.48. The lowest BCUT2D eigenvalue weighted by Crippen LogP contribution is -2.41.